The second kappa shape index (κ2) is 10.7. The summed E-state index contributed by atoms with van der Waals surface area (Å²) < 4.78 is 5.76. The fourth-order valence-electron chi connectivity index (χ4n) is 3.77. The zero-order valence-electron chi connectivity index (χ0n) is 18.7. The number of benzene rings is 2. The average molecular weight is 457 g/mol. The molecule has 1 saturated heterocycles. The maximum absolute atomic E-state index is 13.1. The molecule has 1 heterocycles. The van der Waals surface area contributed by atoms with E-state index < -0.39 is 17.7 Å². The topological polar surface area (TPSA) is 70.1 Å². The number of rotatable bonds is 9. The van der Waals surface area contributed by atoms with Crippen LogP contribution < -0.4 is 4.74 Å². The lowest BCUT2D eigenvalue weighted by Gasteiger charge is -2.26. The Balaban J connectivity index is 2.07. The molecule has 3 rings (SSSR count). The summed E-state index contributed by atoms with van der Waals surface area (Å²) in [5.41, 5.74) is 1.23. The quantitative estimate of drug-likeness (QED) is 0.341. The van der Waals surface area contributed by atoms with Gasteiger partial charge in [-0.3, -0.25) is 9.59 Å². The molecule has 170 valence electrons. The third-order valence-electron chi connectivity index (χ3n) is 5.31. The Bertz CT molecular complexity index is 1000. The molecule has 2 aromatic carbocycles. The maximum Gasteiger partial charge on any atom is 0.295 e. The van der Waals surface area contributed by atoms with Crippen LogP contribution in [0.5, 0.6) is 5.75 Å². The Morgan fingerprint density at radius 1 is 1.16 bits per heavy atom. The highest BCUT2D eigenvalue weighted by Crippen LogP contribution is 2.40. The number of aliphatic hydroxyl groups excluding tert-OH is 1. The average Bonchev–Trinajstić information content (AvgIpc) is 3.02. The molecule has 2 aromatic rings. The standard InChI is InChI=1S/C25H29ClN2O4/c1-4-15-32-20-8-5-7-18(16-20)22-21(23(29)17-9-11-19(26)12-10-17)24(30)25(31)28(22)14-6-13-27(2)3/h5,7-12,16,22,29H,4,6,13-15H2,1-3H3/b23-21+/t22-/m1/s1. The van der Waals surface area contributed by atoms with E-state index >= 15 is 0 Å². The third kappa shape index (κ3) is 5.31. The van der Waals surface area contributed by atoms with E-state index in [1.165, 1.54) is 0 Å². The number of carbonyl (C=O) groups excluding carboxylic acids is 2. The van der Waals surface area contributed by atoms with Crippen molar-refractivity contribution in [1.29, 1.82) is 0 Å². The summed E-state index contributed by atoms with van der Waals surface area (Å²) in [4.78, 5) is 29.6. The SMILES string of the molecule is CCCOc1cccc([C@@H]2/C(=C(\O)c3ccc(Cl)cc3)C(=O)C(=O)N2CCCN(C)C)c1. The van der Waals surface area contributed by atoms with Gasteiger partial charge in [0.15, 0.2) is 0 Å². The van der Waals surface area contributed by atoms with E-state index in [2.05, 4.69) is 0 Å². The summed E-state index contributed by atoms with van der Waals surface area (Å²) in [6.07, 6.45) is 1.56. The largest absolute Gasteiger partial charge is 0.507 e. The summed E-state index contributed by atoms with van der Waals surface area (Å²) in [5, 5.41) is 11.6. The van der Waals surface area contributed by atoms with Gasteiger partial charge in [0.25, 0.3) is 11.7 Å². The number of hydrogen-bond donors (Lipinski definition) is 1. The molecule has 0 spiro atoms. The van der Waals surface area contributed by atoms with Crippen molar-refractivity contribution < 1.29 is 19.4 Å². The van der Waals surface area contributed by atoms with E-state index in [1.54, 1.807) is 29.2 Å². The van der Waals surface area contributed by atoms with Crippen LogP contribution in [-0.2, 0) is 9.59 Å². The van der Waals surface area contributed by atoms with Gasteiger partial charge in [-0.2, -0.15) is 0 Å². The van der Waals surface area contributed by atoms with Crippen LogP contribution in [0, 0.1) is 0 Å². The molecule has 1 fully saturated rings. The number of Topliss-reactive ketones (excluding diaryl/α,β-unsaturated/α-hetero) is 1. The van der Waals surface area contributed by atoms with E-state index in [4.69, 9.17) is 16.3 Å². The molecule has 0 aromatic heterocycles. The highest BCUT2D eigenvalue weighted by molar-refractivity contribution is 6.46. The molecule has 1 aliphatic rings. The van der Waals surface area contributed by atoms with Gasteiger partial charge in [-0.05, 0) is 75.4 Å². The molecule has 1 amide bonds. The van der Waals surface area contributed by atoms with Crippen molar-refractivity contribution in [3.8, 4) is 5.75 Å². The first-order chi connectivity index (χ1) is 15.3. The fourth-order valence-corrected chi connectivity index (χ4v) is 3.90. The van der Waals surface area contributed by atoms with Crippen LogP contribution in [0.15, 0.2) is 54.1 Å². The number of carbonyl (C=O) groups is 2. The Labute approximate surface area is 194 Å². The summed E-state index contributed by atoms with van der Waals surface area (Å²) in [7, 11) is 3.92. The Morgan fingerprint density at radius 2 is 1.88 bits per heavy atom. The molecule has 1 N–H and O–H groups in total. The van der Waals surface area contributed by atoms with E-state index in [9.17, 15) is 14.7 Å². The number of aliphatic hydroxyl groups is 1. The number of ketones is 1. The predicted octanol–water partition coefficient (Wildman–Crippen LogP) is 4.50. The van der Waals surface area contributed by atoms with Gasteiger partial charge >= 0.3 is 0 Å². The van der Waals surface area contributed by atoms with Crippen molar-refractivity contribution >= 4 is 29.1 Å². The first-order valence-corrected chi connectivity index (χ1v) is 11.1. The number of nitrogens with zero attached hydrogens (tertiary/aromatic N) is 2. The molecule has 0 bridgehead atoms. The van der Waals surface area contributed by atoms with Gasteiger partial charge in [0, 0.05) is 17.1 Å². The highest BCUT2D eigenvalue weighted by atomic mass is 35.5. The van der Waals surface area contributed by atoms with Crippen molar-refractivity contribution in [3.05, 3.63) is 70.3 Å². The fraction of sp³-hybridized carbons (Fsp3) is 0.360. The number of ether oxygens (including phenoxy) is 1. The summed E-state index contributed by atoms with van der Waals surface area (Å²) in [6.45, 7) is 3.75. The van der Waals surface area contributed by atoms with Crippen molar-refractivity contribution in [2.24, 2.45) is 0 Å². The Morgan fingerprint density at radius 3 is 2.53 bits per heavy atom. The van der Waals surface area contributed by atoms with Crippen LogP contribution >= 0.6 is 11.6 Å². The van der Waals surface area contributed by atoms with Crippen LogP contribution in [0.1, 0.15) is 36.9 Å². The van der Waals surface area contributed by atoms with Crippen molar-refractivity contribution in [2.75, 3.05) is 33.8 Å². The first-order valence-electron chi connectivity index (χ1n) is 10.7. The maximum atomic E-state index is 13.1. The van der Waals surface area contributed by atoms with E-state index in [1.807, 2.05) is 50.2 Å². The van der Waals surface area contributed by atoms with E-state index in [-0.39, 0.29) is 11.3 Å². The molecular formula is C25H29ClN2O4. The molecule has 1 atom stereocenters. The van der Waals surface area contributed by atoms with Gasteiger partial charge in [-0.15, -0.1) is 0 Å². The highest BCUT2D eigenvalue weighted by Gasteiger charge is 2.45. The monoisotopic (exact) mass is 456 g/mol. The van der Waals surface area contributed by atoms with E-state index in [0.717, 1.165) is 18.5 Å². The number of hydrogen-bond acceptors (Lipinski definition) is 5. The normalized spacial score (nSPS) is 17.9. The van der Waals surface area contributed by atoms with Crippen molar-refractivity contribution in [2.45, 2.75) is 25.8 Å². The molecule has 32 heavy (non-hydrogen) atoms. The molecule has 0 unspecified atom stereocenters. The lowest BCUT2D eigenvalue weighted by Crippen LogP contribution is -2.32. The first kappa shape index (κ1) is 23.8. The van der Waals surface area contributed by atoms with Gasteiger partial charge < -0.3 is 19.6 Å². The molecule has 0 saturated carbocycles. The van der Waals surface area contributed by atoms with Gasteiger partial charge in [0.2, 0.25) is 0 Å². The third-order valence-corrected chi connectivity index (χ3v) is 5.56. The number of likely N-dealkylation sites (tertiary alicyclic amines) is 1. The minimum atomic E-state index is -0.696. The minimum Gasteiger partial charge on any atom is -0.507 e. The van der Waals surface area contributed by atoms with Crippen LogP contribution in [0.3, 0.4) is 0 Å². The second-order valence-corrected chi connectivity index (χ2v) is 8.51. The predicted molar refractivity (Wildman–Crippen MR) is 126 cm³/mol. The molecule has 7 heteroatoms. The molecule has 0 aliphatic carbocycles. The van der Waals surface area contributed by atoms with Crippen LogP contribution in [0.25, 0.3) is 5.76 Å². The van der Waals surface area contributed by atoms with Gasteiger partial charge in [-0.25, -0.2) is 0 Å². The van der Waals surface area contributed by atoms with Gasteiger partial charge in [0.1, 0.15) is 11.5 Å². The lowest BCUT2D eigenvalue weighted by atomic mass is 9.95. The Hall–Kier alpha value is -2.83. The smallest absolute Gasteiger partial charge is 0.295 e. The molecule has 1 aliphatic heterocycles. The Kier molecular flexibility index (Phi) is 7.94. The summed E-state index contributed by atoms with van der Waals surface area (Å²) in [5.74, 6) is -0.842. The molecule has 0 radical (unpaired) electrons. The number of amides is 1. The zero-order chi connectivity index (χ0) is 23.3. The van der Waals surface area contributed by atoms with Crippen molar-refractivity contribution in [3.63, 3.8) is 0 Å². The van der Waals surface area contributed by atoms with Gasteiger partial charge in [0.05, 0.1) is 18.2 Å². The van der Waals surface area contributed by atoms with E-state index in [0.29, 0.717) is 35.9 Å². The van der Waals surface area contributed by atoms with Gasteiger partial charge in [-0.1, -0.05) is 30.7 Å². The lowest BCUT2D eigenvalue weighted by molar-refractivity contribution is -0.139. The summed E-state index contributed by atoms with van der Waals surface area (Å²) >= 11 is 5.97. The summed E-state index contributed by atoms with van der Waals surface area (Å²) in [6, 6.07) is 13.2. The van der Waals surface area contributed by atoms with Crippen LogP contribution in [0.2, 0.25) is 5.02 Å². The van der Waals surface area contributed by atoms with Crippen LogP contribution in [-0.4, -0.2) is 60.4 Å². The van der Waals surface area contributed by atoms with Crippen molar-refractivity contribution in [1.82, 2.24) is 9.80 Å². The minimum absolute atomic E-state index is 0.0785. The molecular weight excluding hydrogens is 428 g/mol. The van der Waals surface area contributed by atoms with Crippen LogP contribution in [0.4, 0.5) is 0 Å². The second-order valence-electron chi connectivity index (χ2n) is 8.08. The number of halogens is 1. The molecule has 6 nitrogen and oxygen atoms in total. The zero-order valence-corrected chi connectivity index (χ0v) is 19.4.